The summed E-state index contributed by atoms with van der Waals surface area (Å²) < 4.78 is 26.4. The van der Waals surface area contributed by atoms with Crippen molar-refractivity contribution >= 4 is 22.0 Å². The van der Waals surface area contributed by atoms with E-state index in [1.54, 1.807) is 24.3 Å². The molecule has 0 bridgehead atoms. The van der Waals surface area contributed by atoms with Crippen LogP contribution in [0.3, 0.4) is 0 Å². The van der Waals surface area contributed by atoms with Gasteiger partial charge in [-0.2, -0.15) is 4.31 Å². The molecule has 0 radical (unpaired) electrons. The van der Waals surface area contributed by atoms with Gasteiger partial charge in [0.25, 0.3) is 0 Å². The quantitative estimate of drug-likeness (QED) is 0.709. The first-order valence-electron chi connectivity index (χ1n) is 8.91. The van der Waals surface area contributed by atoms with Gasteiger partial charge in [0.15, 0.2) is 0 Å². The molecule has 0 heterocycles. The summed E-state index contributed by atoms with van der Waals surface area (Å²) in [5.41, 5.74) is 2.62. The van der Waals surface area contributed by atoms with Crippen molar-refractivity contribution in [3.8, 4) is 0 Å². The molecule has 0 aromatic heterocycles. The molecule has 2 aromatic rings. The van der Waals surface area contributed by atoms with Crippen LogP contribution in [0.25, 0.3) is 6.08 Å². The second kappa shape index (κ2) is 9.48. The molecule has 0 unspecified atom stereocenters. The molecule has 0 saturated carbocycles. The van der Waals surface area contributed by atoms with Crippen molar-refractivity contribution < 1.29 is 13.2 Å². The molecule has 144 valence electrons. The summed E-state index contributed by atoms with van der Waals surface area (Å²) in [5, 5.41) is 2.80. The zero-order valence-corrected chi connectivity index (χ0v) is 16.8. The third kappa shape index (κ3) is 5.77. The largest absolute Gasteiger partial charge is 0.351 e. The molecule has 0 aliphatic rings. The van der Waals surface area contributed by atoms with Gasteiger partial charge in [-0.15, -0.1) is 0 Å². The Labute approximate surface area is 161 Å². The van der Waals surface area contributed by atoms with Crippen LogP contribution in [-0.4, -0.2) is 38.8 Å². The van der Waals surface area contributed by atoms with Gasteiger partial charge in [0, 0.05) is 25.7 Å². The molecule has 27 heavy (non-hydrogen) atoms. The maximum atomic E-state index is 12.6. The summed E-state index contributed by atoms with van der Waals surface area (Å²) in [4.78, 5) is 12.6. The first-order chi connectivity index (χ1) is 12.8. The number of nitrogens with zero attached hydrogens (tertiary/aromatic N) is 1. The Morgan fingerprint density at radius 1 is 1.07 bits per heavy atom. The Kier molecular flexibility index (Phi) is 7.33. The first-order valence-corrected chi connectivity index (χ1v) is 10.4. The number of rotatable bonds is 8. The molecule has 0 aliphatic heterocycles. The number of likely N-dealkylation sites (N-methyl/N-ethyl adjacent to an activating group) is 1. The summed E-state index contributed by atoms with van der Waals surface area (Å²) in [6.45, 7) is 4.27. The minimum absolute atomic E-state index is 0.178. The average molecular weight is 387 g/mol. The molecular formula is C21H26N2O3S. The van der Waals surface area contributed by atoms with Crippen molar-refractivity contribution in [3.05, 3.63) is 71.3 Å². The van der Waals surface area contributed by atoms with E-state index in [-0.39, 0.29) is 23.9 Å². The van der Waals surface area contributed by atoms with Crippen LogP contribution in [0.1, 0.15) is 24.5 Å². The number of benzene rings is 2. The van der Waals surface area contributed by atoms with Crippen LogP contribution in [0, 0.1) is 6.92 Å². The fraction of sp³-hybridized carbons (Fsp3) is 0.286. The predicted octanol–water partition coefficient (Wildman–Crippen LogP) is 3.23. The van der Waals surface area contributed by atoms with E-state index >= 15 is 0 Å². The summed E-state index contributed by atoms with van der Waals surface area (Å²) in [6.07, 6.45) is 2.44. The fourth-order valence-electron chi connectivity index (χ4n) is 2.53. The number of nitrogens with one attached hydrogen (secondary N) is 1. The van der Waals surface area contributed by atoms with Gasteiger partial charge in [-0.1, -0.05) is 55.0 Å². The molecule has 1 N–H and O–H groups in total. The van der Waals surface area contributed by atoms with E-state index in [0.29, 0.717) is 12.0 Å². The molecule has 2 aromatic carbocycles. The zero-order valence-electron chi connectivity index (χ0n) is 16.0. The standard InChI is InChI=1S/C21H26N2O3S/c1-4-19(16-18-8-6-5-7-9-18)21(24)22-14-15-23(3)27(25,26)20-12-10-17(2)11-13-20/h5-13,16H,4,14-15H2,1-3H3,(H,22,24)/b19-16+. The molecule has 6 heteroatoms. The third-order valence-corrected chi connectivity index (χ3v) is 6.13. The number of carbonyl (C=O) groups is 1. The normalized spacial score (nSPS) is 12.2. The third-order valence-electron chi connectivity index (χ3n) is 4.25. The smallest absolute Gasteiger partial charge is 0.247 e. The highest BCUT2D eigenvalue weighted by Gasteiger charge is 2.20. The van der Waals surface area contributed by atoms with Gasteiger partial charge in [0.05, 0.1) is 4.90 Å². The molecule has 2 rings (SSSR count). The Hall–Kier alpha value is -2.44. The van der Waals surface area contributed by atoms with Crippen LogP contribution in [0.15, 0.2) is 65.1 Å². The first kappa shape index (κ1) is 20.9. The maximum absolute atomic E-state index is 12.6. The number of carbonyl (C=O) groups excluding carboxylic acids is 1. The van der Waals surface area contributed by atoms with Crippen molar-refractivity contribution in [1.82, 2.24) is 9.62 Å². The summed E-state index contributed by atoms with van der Waals surface area (Å²) >= 11 is 0. The predicted molar refractivity (Wildman–Crippen MR) is 109 cm³/mol. The second-order valence-corrected chi connectivity index (χ2v) is 8.37. The van der Waals surface area contributed by atoms with Crippen LogP contribution >= 0.6 is 0 Å². The van der Waals surface area contributed by atoms with E-state index < -0.39 is 10.0 Å². The zero-order chi connectivity index (χ0) is 19.9. The molecule has 0 fully saturated rings. The van der Waals surface area contributed by atoms with E-state index in [2.05, 4.69) is 5.32 Å². The van der Waals surface area contributed by atoms with Gasteiger partial charge >= 0.3 is 0 Å². The van der Waals surface area contributed by atoms with Crippen molar-refractivity contribution in [3.63, 3.8) is 0 Å². The monoisotopic (exact) mass is 386 g/mol. The Morgan fingerprint density at radius 3 is 2.30 bits per heavy atom. The van der Waals surface area contributed by atoms with Crippen LogP contribution in [0.2, 0.25) is 0 Å². The van der Waals surface area contributed by atoms with E-state index in [1.165, 1.54) is 11.4 Å². The summed E-state index contributed by atoms with van der Waals surface area (Å²) in [7, 11) is -2.04. The number of amides is 1. The summed E-state index contributed by atoms with van der Waals surface area (Å²) in [6, 6.07) is 16.4. The van der Waals surface area contributed by atoms with Gasteiger partial charge < -0.3 is 5.32 Å². The molecule has 0 spiro atoms. The Balaban J connectivity index is 1.95. The van der Waals surface area contributed by atoms with Crippen LogP contribution in [0.4, 0.5) is 0 Å². The van der Waals surface area contributed by atoms with Gasteiger partial charge in [0.1, 0.15) is 0 Å². The number of aryl methyl sites for hydroxylation is 1. The van der Waals surface area contributed by atoms with Gasteiger partial charge in [-0.3, -0.25) is 4.79 Å². The fourth-order valence-corrected chi connectivity index (χ4v) is 3.70. The highest BCUT2D eigenvalue weighted by Crippen LogP contribution is 2.14. The molecule has 0 aliphatic carbocycles. The van der Waals surface area contributed by atoms with Gasteiger partial charge in [-0.05, 0) is 37.1 Å². The van der Waals surface area contributed by atoms with E-state index in [4.69, 9.17) is 0 Å². The van der Waals surface area contributed by atoms with Crippen molar-refractivity contribution in [2.24, 2.45) is 0 Å². The lowest BCUT2D eigenvalue weighted by Crippen LogP contribution is -2.36. The highest BCUT2D eigenvalue weighted by atomic mass is 32.2. The van der Waals surface area contributed by atoms with Crippen molar-refractivity contribution in [1.29, 1.82) is 0 Å². The molecule has 0 atom stereocenters. The number of sulfonamides is 1. The SMILES string of the molecule is CC/C(=C\c1ccccc1)C(=O)NCCN(C)S(=O)(=O)c1ccc(C)cc1. The van der Waals surface area contributed by atoms with Gasteiger partial charge in [-0.25, -0.2) is 8.42 Å². The van der Waals surface area contributed by atoms with Gasteiger partial charge in [0.2, 0.25) is 15.9 Å². The van der Waals surface area contributed by atoms with E-state index in [0.717, 1.165) is 11.1 Å². The minimum Gasteiger partial charge on any atom is -0.351 e. The Morgan fingerprint density at radius 2 is 1.70 bits per heavy atom. The second-order valence-electron chi connectivity index (χ2n) is 6.33. The van der Waals surface area contributed by atoms with Crippen molar-refractivity contribution in [2.75, 3.05) is 20.1 Å². The van der Waals surface area contributed by atoms with E-state index in [9.17, 15) is 13.2 Å². The maximum Gasteiger partial charge on any atom is 0.247 e. The van der Waals surface area contributed by atoms with Crippen LogP contribution in [0.5, 0.6) is 0 Å². The van der Waals surface area contributed by atoms with Crippen LogP contribution in [-0.2, 0) is 14.8 Å². The van der Waals surface area contributed by atoms with E-state index in [1.807, 2.05) is 50.3 Å². The lowest BCUT2D eigenvalue weighted by atomic mass is 10.1. The Bertz CT molecular complexity index is 889. The topological polar surface area (TPSA) is 66.5 Å². The van der Waals surface area contributed by atoms with Crippen LogP contribution < -0.4 is 5.32 Å². The lowest BCUT2D eigenvalue weighted by Gasteiger charge is -2.18. The summed E-state index contributed by atoms with van der Waals surface area (Å²) in [5.74, 6) is -0.178. The highest BCUT2D eigenvalue weighted by molar-refractivity contribution is 7.89. The van der Waals surface area contributed by atoms with Crippen molar-refractivity contribution in [2.45, 2.75) is 25.2 Å². The molecule has 0 saturated heterocycles. The molecule has 5 nitrogen and oxygen atoms in total. The lowest BCUT2D eigenvalue weighted by molar-refractivity contribution is -0.117. The molecule has 1 amide bonds. The minimum atomic E-state index is -3.56. The number of hydrogen-bond acceptors (Lipinski definition) is 3. The number of hydrogen-bond donors (Lipinski definition) is 1. The average Bonchev–Trinajstić information content (AvgIpc) is 2.67. The molecular weight excluding hydrogens is 360 g/mol.